The molecule has 0 atom stereocenters. The first-order valence-electron chi connectivity index (χ1n) is 8.32. The van der Waals surface area contributed by atoms with Crippen molar-refractivity contribution in [3.8, 4) is 0 Å². The number of benzene rings is 2. The third-order valence-electron chi connectivity index (χ3n) is 4.78. The van der Waals surface area contributed by atoms with Gasteiger partial charge in [-0.05, 0) is 52.5 Å². The van der Waals surface area contributed by atoms with E-state index in [9.17, 15) is 13.2 Å². The summed E-state index contributed by atoms with van der Waals surface area (Å²) in [5.74, 6) is -0.269. The molecule has 2 aromatic carbocycles. The highest BCUT2D eigenvalue weighted by Crippen LogP contribution is 2.47. The molecule has 138 valence electrons. The lowest BCUT2D eigenvalue weighted by Crippen LogP contribution is -2.32. The van der Waals surface area contributed by atoms with Crippen molar-refractivity contribution in [3.63, 3.8) is 0 Å². The molecule has 1 aliphatic carbocycles. The first-order valence-corrected chi connectivity index (χ1v) is 10.6. The zero-order valence-electron chi connectivity index (χ0n) is 14.7. The lowest BCUT2D eigenvalue weighted by molar-refractivity contribution is 0.0949. The number of sulfonamides is 1. The zero-order chi connectivity index (χ0) is 18.9. The van der Waals surface area contributed by atoms with Crippen molar-refractivity contribution in [1.82, 2.24) is 9.62 Å². The van der Waals surface area contributed by atoms with Gasteiger partial charge in [-0.2, -0.15) is 0 Å². The molecular weight excluding hydrogens is 416 g/mol. The molecule has 1 aliphatic rings. The molecule has 0 heterocycles. The number of carbonyl (C=O) groups is 1. The van der Waals surface area contributed by atoms with Crippen LogP contribution in [0.1, 0.15) is 28.8 Å². The van der Waals surface area contributed by atoms with Crippen molar-refractivity contribution in [3.05, 3.63) is 64.1 Å². The molecule has 1 amide bonds. The summed E-state index contributed by atoms with van der Waals surface area (Å²) < 4.78 is 26.4. The molecule has 26 heavy (non-hydrogen) atoms. The Hall–Kier alpha value is -1.70. The van der Waals surface area contributed by atoms with E-state index < -0.39 is 10.0 Å². The van der Waals surface area contributed by atoms with Crippen molar-refractivity contribution in [2.75, 3.05) is 20.6 Å². The molecule has 0 aliphatic heterocycles. The fourth-order valence-corrected chi connectivity index (χ4v) is 4.74. The van der Waals surface area contributed by atoms with Crippen LogP contribution in [-0.2, 0) is 15.4 Å². The minimum Gasteiger partial charge on any atom is -0.351 e. The number of nitrogens with zero attached hydrogens (tertiary/aromatic N) is 1. The molecule has 3 rings (SSSR count). The maximum atomic E-state index is 12.6. The maximum absolute atomic E-state index is 12.6. The molecule has 1 N–H and O–H groups in total. The number of nitrogens with one attached hydrogen (secondary N) is 1. The second-order valence-corrected chi connectivity index (χ2v) is 9.74. The van der Waals surface area contributed by atoms with Gasteiger partial charge in [0.1, 0.15) is 0 Å². The van der Waals surface area contributed by atoms with Crippen molar-refractivity contribution in [1.29, 1.82) is 0 Å². The summed E-state index contributed by atoms with van der Waals surface area (Å²) in [5, 5.41) is 2.96. The van der Waals surface area contributed by atoms with Crippen LogP contribution in [0.2, 0.25) is 0 Å². The second-order valence-electron chi connectivity index (χ2n) is 6.76. The van der Waals surface area contributed by atoms with Gasteiger partial charge < -0.3 is 5.32 Å². The molecule has 7 heteroatoms. The van der Waals surface area contributed by atoms with Crippen LogP contribution < -0.4 is 5.32 Å². The van der Waals surface area contributed by atoms with Crippen molar-refractivity contribution < 1.29 is 13.2 Å². The van der Waals surface area contributed by atoms with Gasteiger partial charge in [-0.15, -0.1) is 0 Å². The van der Waals surface area contributed by atoms with Gasteiger partial charge in [-0.1, -0.05) is 30.3 Å². The number of rotatable bonds is 6. The van der Waals surface area contributed by atoms with Crippen LogP contribution >= 0.6 is 15.9 Å². The Morgan fingerprint density at radius 3 is 2.38 bits per heavy atom. The highest BCUT2D eigenvalue weighted by Gasteiger charge is 2.44. The van der Waals surface area contributed by atoms with Gasteiger partial charge >= 0.3 is 0 Å². The quantitative estimate of drug-likeness (QED) is 0.755. The smallest absolute Gasteiger partial charge is 0.251 e. The Kier molecular flexibility index (Phi) is 5.23. The van der Waals surface area contributed by atoms with E-state index in [0.717, 1.165) is 17.1 Å². The molecule has 1 saturated carbocycles. The Bertz CT molecular complexity index is 923. The average molecular weight is 437 g/mol. The summed E-state index contributed by atoms with van der Waals surface area (Å²) in [5.41, 5.74) is 1.56. The molecule has 0 unspecified atom stereocenters. The van der Waals surface area contributed by atoms with E-state index in [1.54, 1.807) is 12.1 Å². The van der Waals surface area contributed by atoms with Crippen LogP contribution in [0.5, 0.6) is 0 Å². The van der Waals surface area contributed by atoms with Crippen LogP contribution in [0.15, 0.2) is 57.9 Å². The fourth-order valence-electron chi connectivity index (χ4n) is 2.90. The van der Waals surface area contributed by atoms with Crippen LogP contribution in [0.3, 0.4) is 0 Å². The van der Waals surface area contributed by atoms with E-state index in [2.05, 4.69) is 33.4 Å². The number of hydrogen-bond acceptors (Lipinski definition) is 3. The summed E-state index contributed by atoms with van der Waals surface area (Å²) in [6.07, 6.45) is 2.08. The molecule has 0 aromatic heterocycles. The second kappa shape index (κ2) is 7.13. The molecule has 0 saturated heterocycles. The lowest BCUT2D eigenvalue weighted by atomic mass is 9.96. The Labute approximate surface area is 162 Å². The minimum absolute atomic E-state index is 0.00479. The summed E-state index contributed by atoms with van der Waals surface area (Å²) in [6.45, 7) is 0.543. The van der Waals surface area contributed by atoms with E-state index in [0.29, 0.717) is 16.6 Å². The normalized spacial score (nSPS) is 15.7. The van der Waals surface area contributed by atoms with E-state index in [1.165, 1.54) is 25.7 Å². The first-order chi connectivity index (χ1) is 12.3. The van der Waals surface area contributed by atoms with E-state index >= 15 is 0 Å². The molecular formula is C19H21BrN2O3S. The molecule has 0 spiro atoms. The van der Waals surface area contributed by atoms with Gasteiger partial charge in [0.25, 0.3) is 5.91 Å². The molecule has 1 fully saturated rings. The number of carbonyl (C=O) groups excluding carboxylic acids is 1. The summed E-state index contributed by atoms with van der Waals surface area (Å²) in [4.78, 5) is 12.7. The number of hydrogen-bond donors (Lipinski definition) is 1. The zero-order valence-corrected chi connectivity index (χ0v) is 17.1. The van der Waals surface area contributed by atoms with Gasteiger partial charge in [0.2, 0.25) is 10.0 Å². The SMILES string of the molecule is CN(C)S(=O)(=O)c1cc(C(=O)NCC2(c3ccccc3)CC2)ccc1Br. The Morgan fingerprint density at radius 1 is 1.15 bits per heavy atom. The van der Waals surface area contributed by atoms with Gasteiger partial charge in [0.05, 0.1) is 4.90 Å². The molecule has 5 nitrogen and oxygen atoms in total. The standard InChI is InChI=1S/C19H21BrN2O3S/c1-22(2)26(24,25)17-12-14(8-9-16(17)20)18(23)21-13-19(10-11-19)15-6-4-3-5-7-15/h3-9,12H,10-11,13H2,1-2H3,(H,21,23). The minimum atomic E-state index is -3.63. The molecule has 0 bridgehead atoms. The number of amides is 1. The topological polar surface area (TPSA) is 66.5 Å². The highest BCUT2D eigenvalue weighted by molar-refractivity contribution is 9.10. The average Bonchev–Trinajstić information content (AvgIpc) is 3.42. The van der Waals surface area contributed by atoms with Crippen molar-refractivity contribution in [2.45, 2.75) is 23.2 Å². The van der Waals surface area contributed by atoms with Crippen LogP contribution in [0.25, 0.3) is 0 Å². The first kappa shape index (κ1) is 19.1. The fraction of sp³-hybridized carbons (Fsp3) is 0.316. The predicted molar refractivity (Wildman–Crippen MR) is 105 cm³/mol. The van der Waals surface area contributed by atoms with Crippen LogP contribution in [0, 0.1) is 0 Å². The predicted octanol–water partition coefficient (Wildman–Crippen LogP) is 3.16. The Balaban J connectivity index is 1.77. The van der Waals surface area contributed by atoms with E-state index in [4.69, 9.17) is 0 Å². The summed E-state index contributed by atoms with van der Waals surface area (Å²) in [6, 6.07) is 14.8. The summed E-state index contributed by atoms with van der Waals surface area (Å²) >= 11 is 3.26. The third-order valence-corrected chi connectivity index (χ3v) is 7.59. The van der Waals surface area contributed by atoms with E-state index in [-0.39, 0.29) is 16.2 Å². The van der Waals surface area contributed by atoms with Crippen LogP contribution in [-0.4, -0.2) is 39.3 Å². The monoisotopic (exact) mass is 436 g/mol. The maximum Gasteiger partial charge on any atom is 0.251 e. The third kappa shape index (κ3) is 3.70. The molecule has 2 aromatic rings. The van der Waals surface area contributed by atoms with Gasteiger partial charge in [0, 0.05) is 36.1 Å². The van der Waals surface area contributed by atoms with Gasteiger partial charge in [-0.25, -0.2) is 12.7 Å². The molecule has 0 radical (unpaired) electrons. The van der Waals surface area contributed by atoms with Crippen LogP contribution in [0.4, 0.5) is 0 Å². The highest BCUT2D eigenvalue weighted by atomic mass is 79.9. The van der Waals surface area contributed by atoms with Crippen molar-refractivity contribution in [2.24, 2.45) is 0 Å². The van der Waals surface area contributed by atoms with Gasteiger partial charge in [-0.3, -0.25) is 4.79 Å². The summed E-state index contributed by atoms with van der Waals surface area (Å²) in [7, 11) is -0.704. The van der Waals surface area contributed by atoms with E-state index in [1.807, 2.05) is 18.2 Å². The lowest BCUT2D eigenvalue weighted by Gasteiger charge is -2.17. The largest absolute Gasteiger partial charge is 0.351 e. The van der Waals surface area contributed by atoms with Crippen molar-refractivity contribution >= 4 is 31.9 Å². The van der Waals surface area contributed by atoms with Gasteiger partial charge in [0.15, 0.2) is 0 Å². The number of halogens is 1. The Morgan fingerprint density at radius 2 is 1.81 bits per heavy atom.